The van der Waals surface area contributed by atoms with Gasteiger partial charge in [0, 0.05) is 6.54 Å². The number of carbonyl (C=O) groups excluding carboxylic acids is 1. The number of carbonyl (C=O) groups is 2. The number of amides is 1. The van der Waals surface area contributed by atoms with E-state index in [9.17, 15) is 14.7 Å². The predicted molar refractivity (Wildman–Crippen MR) is 94.8 cm³/mol. The second-order valence-electron chi connectivity index (χ2n) is 6.18. The van der Waals surface area contributed by atoms with Crippen LogP contribution >= 0.6 is 0 Å². The molecule has 1 heterocycles. The molecule has 1 aliphatic heterocycles. The van der Waals surface area contributed by atoms with Crippen LogP contribution in [0, 0.1) is 5.92 Å². The van der Waals surface area contributed by atoms with Crippen molar-refractivity contribution in [2.45, 2.75) is 19.1 Å². The summed E-state index contributed by atoms with van der Waals surface area (Å²) in [6.45, 7) is 0.504. The molecule has 2 atom stereocenters. The number of ether oxygens (including phenoxy) is 2. The van der Waals surface area contributed by atoms with Gasteiger partial charge in [0.25, 0.3) is 0 Å². The fourth-order valence-electron chi connectivity index (χ4n) is 3.27. The molecule has 0 bridgehead atoms. The van der Waals surface area contributed by atoms with E-state index in [0.717, 1.165) is 11.1 Å². The van der Waals surface area contributed by atoms with Crippen LogP contribution in [0.5, 0.6) is 5.75 Å². The van der Waals surface area contributed by atoms with Gasteiger partial charge in [0.1, 0.15) is 12.4 Å². The number of likely N-dealkylation sites (tertiary alicyclic amines) is 1. The standard InChI is InChI=1S/C20H21NO5/c1-25-16-9-7-15(8-10-16)18-17(19(22)23)11-12-21(18)20(24)26-13-14-5-3-2-4-6-14/h2-10,17-18H,11-13H2,1H3,(H,22,23)/t17-,18-/m0/s1. The van der Waals surface area contributed by atoms with Crippen LogP contribution in [-0.2, 0) is 16.1 Å². The minimum atomic E-state index is -0.913. The lowest BCUT2D eigenvalue weighted by Gasteiger charge is -2.26. The topological polar surface area (TPSA) is 76.1 Å². The van der Waals surface area contributed by atoms with Gasteiger partial charge in [0.2, 0.25) is 0 Å². The van der Waals surface area contributed by atoms with Crippen molar-refractivity contribution in [3.8, 4) is 5.75 Å². The van der Waals surface area contributed by atoms with Crippen LogP contribution in [0.4, 0.5) is 4.79 Å². The summed E-state index contributed by atoms with van der Waals surface area (Å²) in [6, 6.07) is 15.9. The van der Waals surface area contributed by atoms with Gasteiger partial charge >= 0.3 is 12.1 Å². The largest absolute Gasteiger partial charge is 0.497 e. The molecule has 1 N–H and O–H groups in total. The van der Waals surface area contributed by atoms with Crippen LogP contribution < -0.4 is 4.74 Å². The van der Waals surface area contributed by atoms with E-state index >= 15 is 0 Å². The Morgan fingerprint density at radius 3 is 2.42 bits per heavy atom. The second kappa shape index (κ2) is 7.91. The minimum Gasteiger partial charge on any atom is -0.497 e. The molecule has 136 valence electrons. The Kier molecular flexibility index (Phi) is 5.41. The third-order valence-electron chi connectivity index (χ3n) is 4.61. The van der Waals surface area contributed by atoms with E-state index in [-0.39, 0.29) is 6.61 Å². The third kappa shape index (κ3) is 3.79. The molecule has 3 rings (SSSR count). The summed E-state index contributed by atoms with van der Waals surface area (Å²) in [6.07, 6.45) is -0.106. The lowest BCUT2D eigenvalue weighted by molar-refractivity contribution is -0.142. The van der Waals surface area contributed by atoms with Crippen molar-refractivity contribution >= 4 is 12.1 Å². The van der Waals surface area contributed by atoms with Crippen LogP contribution in [-0.4, -0.2) is 35.7 Å². The molecule has 2 aromatic rings. The summed E-state index contributed by atoms with van der Waals surface area (Å²) < 4.78 is 10.6. The Bertz CT molecular complexity index is 760. The maximum absolute atomic E-state index is 12.6. The van der Waals surface area contributed by atoms with Gasteiger partial charge in [-0.15, -0.1) is 0 Å². The van der Waals surface area contributed by atoms with E-state index in [4.69, 9.17) is 9.47 Å². The zero-order chi connectivity index (χ0) is 18.5. The van der Waals surface area contributed by atoms with Crippen LogP contribution in [0.25, 0.3) is 0 Å². The summed E-state index contributed by atoms with van der Waals surface area (Å²) in [5, 5.41) is 9.55. The minimum absolute atomic E-state index is 0.156. The van der Waals surface area contributed by atoms with Gasteiger partial charge in [-0.1, -0.05) is 42.5 Å². The van der Waals surface area contributed by atoms with Crippen molar-refractivity contribution in [3.63, 3.8) is 0 Å². The zero-order valence-electron chi connectivity index (χ0n) is 14.5. The van der Waals surface area contributed by atoms with Gasteiger partial charge in [-0.05, 0) is 29.7 Å². The first kappa shape index (κ1) is 17.8. The van der Waals surface area contributed by atoms with E-state index in [1.54, 1.807) is 31.4 Å². The van der Waals surface area contributed by atoms with Crippen LogP contribution in [0.1, 0.15) is 23.6 Å². The van der Waals surface area contributed by atoms with Crippen molar-refractivity contribution in [2.24, 2.45) is 5.92 Å². The first-order valence-corrected chi connectivity index (χ1v) is 8.44. The molecule has 0 unspecified atom stereocenters. The SMILES string of the molecule is COc1ccc([C@H]2[C@@H](C(=O)O)CCN2C(=O)OCc2ccccc2)cc1. The molecule has 0 aromatic heterocycles. The Labute approximate surface area is 152 Å². The number of carboxylic acid groups (broad SMARTS) is 1. The Morgan fingerprint density at radius 1 is 1.12 bits per heavy atom. The molecule has 0 spiro atoms. The van der Waals surface area contributed by atoms with E-state index in [1.807, 2.05) is 30.3 Å². The molecule has 1 saturated heterocycles. The van der Waals surface area contributed by atoms with Crippen molar-refractivity contribution < 1.29 is 24.2 Å². The first-order chi connectivity index (χ1) is 12.6. The third-order valence-corrected chi connectivity index (χ3v) is 4.61. The highest BCUT2D eigenvalue weighted by molar-refractivity contribution is 5.75. The zero-order valence-corrected chi connectivity index (χ0v) is 14.5. The highest BCUT2D eigenvalue weighted by atomic mass is 16.6. The van der Waals surface area contributed by atoms with Crippen LogP contribution in [0.3, 0.4) is 0 Å². The maximum Gasteiger partial charge on any atom is 0.410 e. The van der Waals surface area contributed by atoms with E-state index in [1.165, 1.54) is 4.90 Å². The molecule has 1 aliphatic rings. The quantitative estimate of drug-likeness (QED) is 0.889. The lowest BCUT2D eigenvalue weighted by Crippen LogP contribution is -2.34. The number of hydrogen-bond donors (Lipinski definition) is 1. The normalized spacial score (nSPS) is 19.2. The Morgan fingerprint density at radius 2 is 1.81 bits per heavy atom. The first-order valence-electron chi connectivity index (χ1n) is 8.44. The smallest absolute Gasteiger partial charge is 0.410 e. The number of rotatable bonds is 5. The molecule has 0 radical (unpaired) electrons. The molecule has 2 aromatic carbocycles. The van der Waals surface area contributed by atoms with Gasteiger partial charge in [-0.2, -0.15) is 0 Å². The number of aliphatic carboxylic acids is 1. The molecular weight excluding hydrogens is 334 g/mol. The number of nitrogens with zero attached hydrogens (tertiary/aromatic N) is 1. The van der Waals surface area contributed by atoms with E-state index < -0.39 is 24.0 Å². The molecule has 0 aliphatic carbocycles. The number of benzene rings is 2. The molecule has 6 heteroatoms. The lowest BCUT2D eigenvalue weighted by atomic mass is 9.94. The van der Waals surface area contributed by atoms with Crippen molar-refractivity contribution in [3.05, 3.63) is 65.7 Å². The van der Waals surface area contributed by atoms with Crippen molar-refractivity contribution in [1.29, 1.82) is 0 Å². The average molecular weight is 355 g/mol. The van der Waals surface area contributed by atoms with Gasteiger partial charge in [-0.25, -0.2) is 4.79 Å². The molecule has 1 amide bonds. The molecular formula is C20H21NO5. The average Bonchev–Trinajstić information content (AvgIpc) is 3.12. The molecule has 6 nitrogen and oxygen atoms in total. The molecule has 26 heavy (non-hydrogen) atoms. The maximum atomic E-state index is 12.6. The van der Waals surface area contributed by atoms with E-state index in [2.05, 4.69) is 0 Å². The summed E-state index contributed by atoms with van der Waals surface area (Å²) in [4.78, 5) is 25.7. The van der Waals surface area contributed by atoms with Gasteiger partial charge in [0.15, 0.2) is 0 Å². The monoisotopic (exact) mass is 355 g/mol. The number of methoxy groups -OCH3 is 1. The Balaban J connectivity index is 1.77. The summed E-state index contributed by atoms with van der Waals surface area (Å²) in [7, 11) is 1.57. The highest BCUT2D eigenvalue weighted by Crippen LogP contribution is 2.38. The fraction of sp³-hybridized carbons (Fsp3) is 0.300. The number of carboxylic acids is 1. The molecule has 1 fully saturated rings. The highest BCUT2D eigenvalue weighted by Gasteiger charge is 2.42. The summed E-state index contributed by atoms with van der Waals surface area (Å²) >= 11 is 0. The second-order valence-corrected chi connectivity index (χ2v) is 6.18. The summed E-state index contributed by atoms with van der Waals surface area (Å²) in [5.74, 6) is -0.895. The fourth-order valence-corrected chi connectivity index (χ4v) is 3.27. The van der Waals surface area contributed by atoms with Crippen molar-refractivity contribution in [1.82, 2.24) is 4.90 Å². The van der Waals surface area contributed by atoms with Crippen LogP contribution in [0.2, 0.25) is 0 Å². The van der Waals surface area contributed by atoms with Gasteiger partial charge < -0.3 is 19.5 Å². The van der Waals surface area contributed by atoms with Crippen molar-refractivity contribution in [2.75, 3.05) is 13.7 Å². The molecule has 0 saturated carbocycles. The van der Waals surface area contributed by atoms with E-state index in [0.29, 0.717) is 18.7 Å². The predicted octanol–water partition coefficient (Wildman–Crippen LogP) is 3.48. The number of hydrogen-bond acceptors (Lipinski definition) is 4. The Hall–Kier alpha value is -3.02. The van der Waals surface area contributed by atoms with Gasteiger partial charge in [-0.3, -0.25) is 4.79 Å². The van der Waals surface area contributed by atoms with Crippen LogP contribution in [0.15, 0.2) is 54.6 Å². The van der Waals surface area contributed by atoms with Gasteiger partial charge in [0.05, 0.1) is 19.1 Å². The summed E-state index contributed by atoms with van der Waals surface area (Å²) in [5.41, 5.74) is 1.64.